The minimum Gasteiger partial charge on any atom is -0.494 e. The molecule has 0 bridgehead atoms. The SMILES string of the molecule is CCOc1ccccc1CC1CNc2ccccc21. The summed E-state index contributed by atoms with van der Waals surface area (Å²) in [6, 6.07) is 16.9. The minimum absolute atomic E-state index is 0.540. The summed E-state index contributed by atoms with van der Waals surface area (Å²) in [6.07, 6.45) is 1.03. The van der Waals surface area contributed by atoms with Gasteiger partial charge in [0.2, 0.25) is 0 Å². The fourth-order valence-electron chi connectivity index (χ4n) is 2.77. The number of benzene rings is 2. The molecule has 1 aliphatic rings. The van der Waals surface area contributed by atoms with Crippen LogP contribution in [0, 0.1) is 0 Å². The Bertz CT molecular complexity index is 565. The van der Waals surface area contributed by atoms with Crippen LogP contribution in [-0.2, 0) is 6.42 Å². The van der Waals surface area contributed by atoms with E-state index in [4.69, 9.17) is 4.74 Å². The molecule has 2 aromatic carbocycles. The Kier molecular flexibility index (Phi) is 3.41. The van der Waals surface area contributed by atoms with Crippen LogP contribution in [0.15, 0.2) is 48.5 Å². The van der Waals surface area contributed by atoms with Crippen molar-refractivity contribution in [1.29, 1.82) is 0 Å². The third-order valence-electron chi connectivity index (χ3n) is 3.68. The Morgan fingerprint density at radius 1 is 1.11 bits per heavy atom. The van der Waals surface area contributed by atoms with Crippen molar-refractivity contribution in [1.82, 2.24) is 0 Å². The van der Waals surface area contributed by atoms with E-state index in [-0.39, 0.29) is 0 Å². The topological polar surface area (TPSA) is 21.3 Å². The lowest BCUT2D eigenvalue weighted by atomic mass is 9.93. The second kappa shape index (κ2) is 5.35. The summed E-state index contributed by atoms with van der Waals surface area (Å²) in [4.78, 5) is 0. The van der Waals surface area contributed by atoms with Gasteiger partial charge in [-0.15, -0.1) is 0 Å². The molecule has 0 radical (unpaired) electrons. The molecule has 1 atom stereocenters. The molecular weight excluding hydrogens is 234 g/mol. The molecule has 98 valence electrons. The first-order valence-corrected chi connectivity index (χ1v) is 6.92. The quantitative estimate of drug-likeness (QED) is 0.894. The van der Waals surface area contributed by atoms with Crippen LogP contribution in [-0.4, -0.2) is 13.2 Å². The van der Waals surface area contributed by atoms with Crippen molar-refractivity contribution in [2.45, 2.75) is 19.3 Å². The van der Waals surface area contributed by atoms with E-state index in [0.717, 1.165) is 25.3 Å². The van der Waals surface area contributed by atoms with Gasteiger partial charge in [0.1, 0.15) is 5.75 Å². The highest BCUT2D eigenvalue weighted by Gasteiger charge is 2.22. The zero-order valence-corrected chi connectivity index (χ0v) is 11.2. The van der Waals surface area contributed by atoms with Gasteiger partial charge in [0, 0.05) is 18.2 Å². The molecule has 19 heavy (non-hydrogen) atoms. The fourth-order valence-corrected chi connectivity index (χ4v) is 2.77. The molecule has 1 unspecified atom stereocenters. The fraction of sp³-hybridized carbons (Fsp3) is 0.294. The smallest absolute Gasteiger partial charge is 0.122 e. The monoisotopic (exact) mass is 253 g/mol. The van der Waals surface area contributed by atoms with E-state index >= 15 is 0 Å². The highest BCUT2D eigenvalue weighted by Crippen LogP contribution is 2.35. The van der Waals surface area contributed by atoms with Crippen LogP contribution in [0.25, 0.3) is 0 Å². The molecule has 1 heterocycles. The first-order chi connectivity index (χ1) is 9.38. The third kappa shape index (κ3) is 2.43. The predicted molar refractivity (Wildman–Crippen MR) is 79.0 cm³/mol. The highest BCUT2D eigenvalue weighted by atomic mass is 16.5. The Labute approximate surface area is 114 Å². The lowest BCUT2D eigenvalue weighted by Gasteiger charge is -2.14. The second-order valence-corrected chi connectivity index (χ2v) is 4.91. The van der Waals surface area contributed by atoms with Crippen LogP contribution < -0.4 is 10.1 Å². The largest absolute Gasteiger partial charge is 0.494 e. The molecule has 3 rings (SSSR count). The zero-order chi connectivity index (χ0) is 13.1. The van der Waals surface area contributed by atoms with Gasteiger partial charge in [-0.05, 0) is 36.6 Å². The maximum atomic E-state index is 5.71. The van der Waals surface area contributed by atoms with Crippen molar-refractivity contribution < 1.29 is 4.74 Å². The molecule has 1 N–H and O–H groups in total. The summed E-state index contributed by atoms with van der Waals surface area (Å²) in [5.41, 5.74) is 4.00. The van der Waals surface area contributed by atoms with E-state index < -0.39 is 0 Å². The first-order valence-electron chi connectivity index (χ1n) is 6.92. The number of hydrogen-bond donors (Lipinski definition) is 1. The number of fused-ring (bicyclic) bond motifs is 1. The third-order valence-corrected chi connectivity index (χ3v) is 3.68. The molecule has 0 aliphatic carbocycles. The van der Waals surface area contributed by atoms with Crippen molar-refractivity contribution in [3.8, 4) is 5.75 Å². The van der Waals surface area contributed by atoms with Crippen LogP contribution in [0.5, 0.6) is 5.75 Å². The summed E-state index contributed by atoms with van der Waals surface area (Å²) in [5.74, 6) is 1.56. The van der Waals surface area contributed by atoms with Gasteiger partial charge in [0.05, 0.1) is 6.61 Å². The van der Waals surface area contributed by atoms with Crippen molar-refractivity contribution >= 4 is 5.69 Å². The Morgan fingerprint density at radius 2 is 1.89 bits per heavy atom. The van der Waals surface area contributed by atoms with Gasteiger partial charge in [-0.2, -0.15) is 0 Å². The summed E-state index contributed by atoms with van der Waals surface area (Å²) in [7, 11) is 0. The standard InChI is InChI=1S/C17H19NO/c1-2-19-17-10-6-3-7-13(17)11-14-12-18-16-9-5-4-8-15(14)16/h3-10,14,18H,2,11-12H2,1H3. The molecule has 0 fully saturated rings. The van der Waals surface area contributed by atoms with Gasteiger partial charge in [0.25, 0.3) is 0 Å². The summed E-state index contributed by atoms with van der Waals surface area (Å²) >= 11 is 0. The number of ether oxygens (including phenoxy) is 1. The molecule has 1 aliphatic heterocycles. The summed E-state index contributed by atoms with van der Waals surface area (Å²) in [5, 5.41) is 3.48. The van der Waals surface area contributed by atoms with Crippen LogP contribution in [0.4, 0.5) is 5.69 Å². The predicted octanol–water partition coefficient (Wildman–Crippen LogP) is 3.84. The molecule has 2 heteroatoms. The molecule has 0 aromatic heterocycles. The van der Waals surface area contributed by atoms with Gasteiger partial charge in [0.15, 0.2) is 0 Å². The molecule has 2 nitrogen and oxygen atoms in total. The van der Waals surface area contributed by atoms with Gasteiger partial charge in [-0.25, -0.2) is 0 Å². The Balaban J connectivity index is 1.83. The van der Waals surface area contributed by atoms with Gasteiger partial charge < -0.3 is 10.1 Å². The molecule has 0 saturated carbocycles. The van der Waals surface area contributed by atoms with E-state index in [1.165, 1.54) is 16.8 Å². The number of anilines is 1. The van der Waals surface area contributed by atoms with Crippen LogP contribution >= 0.6 is 0 Å². The van der Waals surface area contributed by atoms with Gasteiger partial charge >= 0.3 is 0 Å². The average Bonchev–Trinajstić information content (AvgIpc) is 2.85. The number of rotatable bonds is 4. The molecule has 2 aromatic rings. The number of nitrogens with one attached hydrogen (secondary N) is 1. The van der Waals surface area contributed by atoms with E-state index in [2.05, 4.69) is 47.8 Å². The molecule has 0 spiro atoms. The summed E-state index contributed by atoms with van der Waals surface area (Å²) in [6.45, 7) is 3.76. The van der Waals surface area contributed by atoms with Crippen LogP contribution in [0.2, 0.25) is 0 Å². The molecule has 0 amide bonds. The first kappa shape index (κ1) is 12.1. The van der Waals surface area contributed by atoms with Crippen molar-refractivity contribution in [2.24, 2.45) is 0 Å². The maximum absolute atomic E-state index is 5.71. The zero-order valence-electron chi connectivity index (χ0n) is 11.2. The van der Waals surface area contributed by atoms with Crippen molar-refractivity contribution in [3.63, 3.8) is 0 Å². The average molecular weight is 253 g/mol. The maximum Gasteiger partial charge on any atom is 0.122 e. The van der Waals surface area contributed by atoms with E-state index in [1.807, 2.05) is 13.0 Å². The van der Waals surface area contributed by atoms with E-state index in [0.29, 0.717) is 5.92 Å². The molecular formula is C17H19NO. The van der Waals surface area contributed by atoms with Gasteiger partial charge in [-0.3, -0.25) is 0 Å². The van der Waals surface area contributed by atoms with E-state index in [9.17, 15) is 0 Å². The lowest BCUT2D eigenvalue weighted by Crippen LogP contribution is -2.07. The van der Waals surface area contributed by atoms with Crippen molar-refractivity contribution in [2.75, 3.05) is 18.5 Å². The lowest BCUT2D eigenvalue weighted by molar-refractivity contribution is 0.336. The number of hydrogen-bond acceptors (Lipinski definition) is 2. The molecule has 0 saturated heterocycles. The minimum atomic E-state index is 0.540. The normalized spacial score (nSPS) is 16.8. The Morgan fingerprint density at radius 3 is 2.79 bits per heavy atom. The van der Waals surface area contributed by atoms with Crippen LogP contribution in [0.3, 0.4) is 0 Å². The van der Waals surface area contributed by atoms with Crippen LogP contribution in [0.1, 0.15) is 24.0 Å². The second-order valence-electron chi connectivity index (χ2n) is 4.91. The summed E-state index contributed by atoms with van der Waals surface area (Å²) < 4.78 is 5.71. The van der Waals surface area contributed by atoms with Crippen molar-refractivity contribution in [3.05, 3.63) is 59.7 Å². The highest BCUT2D eigenvalue weighted by molar-refractivity contribution is 5.58. The van der Waals surface area contributed by atoms with Gasteiger partial charge in [-0.1, -0.05) is 36.4 Å². The van der Waals surface area contributed by atoms with E-state index in [1.54, 1.807) is 0 Å². The Hall–Kier alpha value is -1.96. The number of para-hydroxylation sites is 2.